The van der Waals surface area contributed by atoms with Gasteiger partial charge in [-0.1, -0.05) is 34.1 Å². The standard InChI is InChI=1S/C11H18/c1-5-8-9(3)6-11(9)7(2)10(8,11)4/h7-8H,5-6H2,1-4H3. The SMILES string of the molecule is CCC1C2(C)CC23C(C)C13C. The number of rotatable bonds is 1. The third kappa shape index (κ3) is 0.302. The highest BCUT2D eigenvalue weighted by molar-refractivity contribution is 5.47. The van der Waals surface area contributed by atoms with Gasteiger partial charge in [0.15, 0.2) is 0 Å². The molecule has 11 heavy (non-hydrogen) atoms. The van der Waals surface area contributed by atoms with Crippen LogP contribution in [0.5, 0.6) is 0 Å². The molecule has 0 aliphatic heterocycles. The summed E-state index contributed by atoms with van der Waals surface area (Å²) in [6, 6.07) is 0. The second-order valence-corrected chi connectivity index (χ2v) is 5.53. The Hall–Kier alpha value is 0. The zero-order chi connectivity index (χ0) is 8.07. The van der Waals surface area contributed by atoms with Crippen LogP contribution in [-0.4, -0.2) is 0 Å². The second kappa shape index (κ2) is 1.20. The highest BCUT2D eigenvalue weighted by Crippen LogP contribution is 3.05. The maximum absolute atomic E-state index is 2.53. The molecule has 0 aromatic carbocycles. The lowest BCUT2D eigenvalue weighted by molar-refractivity contribution is 0.0792. The predicted octanol–water partition coefficient (Wildman–Crippen LogP) is 3.08. The summed E-state index contributed by atoms with van der Waals surface area (Å²) in [6.45, 7) is 9.89. The van der Waals surface area contributed by atoms with Crippen molar-refractivity contribution in [2.24, 2.45) is 28.1 Å². The molecule has 0 saturated heterocycles. The Balaban J connectivity index is 2.03. The molecule has 3 rings (SSSR count). The van der Waals surface area contributed by atoms with E-state index < -0.39 is 0 Å². The van der Waals surface area contributed by atoms with Crippen LogP contribution in [0.3, 0.4) is 0 Å². The van der Waals surface area contributed by atoms with Crippen LogP contribution in [0.2, 0.25) is 0 Å². The molecule has 0 aromatic heterocycles. The molecule has 0 amide bonds. The molecule has 3 fully saturated rings. The van der Waals surface area contributed by atoms with Crippen LogP contribution >= 0.6 is 0 Å². The molecule has 0 radical (unpaired) electrons. The van der Waals surface area contributed by atoms with Crippen molar-refractivity contribution in [1.82, 2.24) is 0 Å². The fourth-order valence-corrected chi connectivity index (χ4v) is 5.45. The molecular formula is C11H18. The quantitative estimate of drug-likeness (QED) is 0.539. The molecule has 5 unspecified atom stereocenters. The summed E-state index contributed by atoms with van der Waals surface area (Å²) in [6.07, 6.45) is 2.97. The van der Waals surface area contributed by atoms with E-state index in [0.717, 1.165) is 28.1 Å². The molecule has 0 bridgehead atoms. The van der Waals surface area contributed by atoms with E-state index in [1.165, 1.54) is 6.42 Å². The van der Waals surface area contributed by atoms with Gasteiger partial charge in [0.1, 0.15) is 0 Å². The van der Waals surface area contributed by atoms with E-state index in [4.69, 9.17) is 0 Å². The summed E-state index contributed by atoms with van der Waals surface area (Å²) in [7, 11) is 0. The van der Waals surface area contributed by atoms with Crippen LogP contribution < -0.4 is 0 Å². The zero-order valence-corrected chi connectivity index (χ0v) is 8.07. The second-order valence-electron chi connectivity index (χ2n) is 5.53. The smallest absolute Gasteiger partial charge is 0.0144 e. The van der Waals surface area contributed by atoms with Crippen molar-refractivity contribution in [3.63, 3.8) is 0 Å². The summed E-state index contributed by atoms with van der Waals surface area (Å²) in [5.74, 6) is 2.11. The van der Waals surface area contributed by atoms with Gasteiger partial charge in [-0.2, -0.15) is 0 Å². The van der Waals surface area contributed by atoms with Crippen LogP contribution in [0, 0.1) is 28.1 Å². The van der Waals surface area contributed by atoms with Gasteiger partial charge in [-0.25, -0.2) is 0 Å². The first-order valence-electron chi connectivity index (χ1n) is 5.05. The van der Waals surface area contributed by atoms with Gasteiger partial charge in [-0.05, 0) is 34.5 Å². The van der Waals surface area contributed by atoms with Gasteiger partial charge in [0, 0.05) is 0 Å². The number of hydrogen-bond acceptors (Lipinski definition) is 0. The van der Waals surface area contributed by atoms with E-state index in [9.17, 15) is 0 Å². The predicted molar refractivity (Wildman–Crippen MR) is 46.2 cm³/mol. The molecule has 62 valence electrons. The van der Waals surface area contributed by atoms with Gasteiger partial charge >= 0.3 is 0 Å². The Bertz CT molecular complexity index is 244. The molecule has 3 aliphatic carbocycles. The van der Waals surface area contributed by atoms with Gasteiger partial charge < -0.3 is 0 Å². The van der Waals surface area contributed by atoms with E-state index in [2.05, 4.69) is 27.7 Å². The van der Waals surface area contributed by atoms with Crippen molar-refractivity contribution in [2.75, 3.05) is 0 Å². The third-order valence-electron chi connectivity index (χ3n) is 5.96. The van der Waals surface area contributed by atoms with Gasteiger partial charge in [-0.3, -0.25) is 0 Å². The molecular weight excluding hydrogens is 132 g/mol. The Kier molecular flexibility index (Phi) is 0.709. The minimum Gasteiger partial charge on any atom is -0.0651 e. The Labute approximate surface area is 69.4 Å². The Morgan fingerprint density at radius 1 is 1.36 bits per heavy atom. The fraction of sp³-hybridized carbons (Fsp3) is 1.00. The minimum atomic E-state index is 0.788. The average Bonchev–Trinajstić information content (AvgIpc) is 2.63. The van der Waals surface area contributed by atoms with Crippen LogP contribution in [0.25, 0.3) is 0 Å². The fourth-order valence-electron chi connectivity index (χ4n) is 5.45. The summed E-state index contributed by atoms with van der Waals surface area (Å²) in [5, 5.41) is 0. The van der Waals surface area contributed by atoms with Crippen LogP contribution in [0.1, 0.15) is 40.5 Å². The molecule has 0 aromatic rings. The van der Waals surface area contributed by atoms with E-state index in [1.807, 2.05) is 0 Å². The van der Waals surface area contributed by atoms with Crippen molar-refractivity contribution in [1.29, 1.82) is 0 Å². The largest absolute Gasteiger partial charge is 0.0651 e. The first-order chi connectivity index (χ1) is 5.05. The molecule has 0 N–H and O–H groups in total. The average molecular weight is 150 g/mol. The monoisotopic (exact) mass is 150 g/mol. The first-order valence-corrected chi connectivity index (χ1v) is 5.05. The van der Waals surface area contributed by atoms with Gasteiger partial charge in [0.05, 0.1) is 0 Å². The first kappa shape index (κ1) is 6.51. The minimum absolute atomic E-state index is 0.788. The van der Waals surface area contributed by atoms with E-state index in [1.54, 1.807) is 6.42 Å². The van der Waals surface area contributed by atoms with E-state index >= 15 is 0 Å². The van der Waals surface area contributed by atoms with Crippen LogP contribution in [0.15, 0.2) is 0 Å². The Morgan fingerprint density at radius 3 is 2.18 bits per heavy atom. The molecule has 5 atom stereocenters. The molecule has 3 saturated carbocycles. The van der Waals surface area contributed by atoms with Crippen LogP contribution in [-0.2, 0) is 0 Å². The van der Waals surface area contributed by atoms with Crippen molar-refractivity contribution in [3.8, 4) is 0 Å². The highest BCUT2D eigenvalue weighted by atomic mass is 15.0. The topological polar surface area (TPSA) is 0 Å². The van der Waals surface area contributed by atoms with Crippen molar-refractivity contribution < 1.29 is 0 Å². The lowest BCUT2D eigenvalue weighted by Gasteiger charge is -2.39. The normalized spacial score (nSPS) is 76.4. The summed E-state index contributed by atoms with van der Waals surface area (Å²) in [4.78, 5) is 0. The molecule has 0 heteroatoms. The van der Waals surface area contributed by atoms with Crippen molar-refractivity contribution >= 4 is 0 Å². The molecule has 0 nitrogen and oxygen atoms in total. The molecule has 3 aliphatic rings. The lowest BCUT2D eigenvalue weighted by atomic mass is 9.65. The lowest BCUT2D eigenvalue weighted by Crippen LogP contribution is -2.34. The zero-order valence-electron chi connectivity index (χ0n) is 8.07. The summed E-state index contributed by atoms with van der Waals surface area (Å²) in [5.41, 5.74) is 2.45. The van der Waals surface area contributed by atoms with E-state index in [0.29, 0.717) is 0 Å². The number of hydrogen-bond donors (Lipinski definition) is 0. The highest BCUT2D eigenvalue weighted by Gasteiger charge is 3.00. The van der Waals surface area contributed by atoms with Gasteiger partial charge in [0.25, 0.3) is 0 Å². The maximum Gasteiger partial charge on any atom is -0.0144 e. The van der Waals surface area contributed by atoms with E-state index in [-0.39, 0.29) is 0 Å². The van der Waals surface area contributed by atoms with Gasteiger partial charge in [-0.15, -0.1) is 0 Å². The van der Waals surface area contributed by atoms with Crippen molar-refractivity contribution in [2.45, 2.75) is 40.5 Å². The van der Waals surface area contributed by atoms with Crippen molar-refractivity contribution in [3.05, 3.63) is 0 Å². The summed E-state index contributed by atoms with van der Waals surface area (Å²) < 4.78 is 0. The maximum atomic E-state index is 2.53. The third-order valence-corrected chi connectivity index (χ3v) is 5.96. The van der Waals surface area contributed by atoms with Crippen LogP contribution in [0.4, 0.5) is 0 Å². The summed E-state index contributed by atoms with van der Waals surface area (Å²) >= 11 is 0. The van der Waals surface area contributed by atoms with Gasteiger partial charge in [0.2, 0.25) is 0 Å². The molecule has 1 spiro atoms. The molecule has 0 heterocycles. The Morgan fingerprint density at radius 2 is 2.00 bits per heavy atom.